The minimum atomic E-state index is -0.249. The highest BCUT2D eigenvalue weighted by Gasteiger charge is 2.12. The van der Waals surface area contributed by atoms with Crippen molar-refractivity contribution in [2.24, 2.45) is 5.10 Å². The van der Waals surface area contributed by atoms with Gasteiger partial charge in [0.05, 0.1) is 23.7 Å². The summed E-state index contributed by atoms with van der Waals surface area (Å²) in [6, 6.07) is 16.5. The van der Waals surface area contributed by atoms with Crippen molar-refractivity contribution < 1.29 is 9.47 Å². The third-order valence-electron chi connectivity index (χ3n) is 4.99. The maximum atomic E-state index is 13.0. The van der Waals surface area contributed by atoms with Gasteiger partial charge < -0.3 is 9.47 Å². The van der Waals surface area contributed by atoms with Gasteiger partial charge in [-0.3, -0.25) is 4.79 Å². The van der Waals surface area contributed by atoms with Crippen LogP contribution in [0.5, 0.6) is 11.5 Å². The highest BCUT2D eigenvalue weighted by Crippen LogP contribution is 2.34. The van der Waals surface area contributed by atoms with Crippen LogP contribution in [-0.2, 0) is 6.61 Å². The van der Waals surface area contributed by atoms with Crippen molar-refractivity contribution in [3.63, 3.8) is 0 Å². The van der Waals surface area contributed by atoms with E-state index in [-0.39, 0.29) is 5.56 Å². The fourth-order valence-electron chi connectivity index (χ4n) is 3.32. The van der Waals surface area contributed by atoms with E-state index in [0.717, 1.165) is 14.5 Å². The second kappa shape index (κ2) is 10.7. The minimum Gasteiger partial charge on any atom is -0.490 e. The molecule has 1 heterocycles. The van der Waals surface area contributed by atoms with Crippen LogP contribution in [0.15, 0.2) is 73.4 Å². The van der Waals surface area contributed by atoms with E-state index in [0.29, 0.717) is 52.0 Å². The van der Waals surface area contributed by atoms with Crippen LogP contribution in [0.2, 0.25) is 5.02 Å². The number of halogens is 3. The number of rotatable bonds is 7. The third kappa shape index (κ3) is 5.35. The van der Waals surface area contributed by atoms with Gasteiger partial charge in [0.25, 0.3) is 5.56 Å². The molecule has 9 heteroatoms. The third-order valence-corrected chi connectivity index (χ3v) is 6.54. The Balaban J connectivity index is 1.67. The molecule has 0 unspecified atom stereocenters. The van der Waals surface area contributed by atoms with Gasteiger partial charge in [0.2, 0.25) is 0 Å². The van der Waals surface area contributed by atoms with Gasteiger partial charge in [-0.1, -0.05) is 45.7 Å². The molecule has 4 aromatic rings. The predicted molar refractivity (Wildman–Crippen MR) is 143 cm³/mol. The smallest absolute Gasteiger partial charge is 0.282 e. The Morgan fingerprint density at radius 2 is 1.85 bits per heavy atom. The van der Waals surface area contributed by atoms with Crippen LogP contribution < -0.4 is 15.0 Å². The molecule has 0 aliphatic rings. The number of nitrogens with zero attached hydrogens (tertiary/aromatic N) is 3. The Kier molecular flexibility index (Phi) is 7.70. The first-order valence-corrected chi connectivity index (χ1v) is 12.4. The second-order valence-electron chi connectivity index (χ2n) is 7.32. The van der Waals surface area contributed by atoms with Crippen molar-refractivity contribution >= 4 is 60.6 Å². The van der Waals surface area contributed by atoms with E-state index < -0.39 is 0 Å². The molecule has 0 radical (unpaired) electrons. The fourth-order valence-corrected chi connectivity index (χ4v) is 4.29. The summed E-state index contributed by atoms with van der Waals surface area (Å²) in [4.78, 5) is 17.5. The van der Waals surface area contributed by atoms with Crippen molar-refractivity contribution in [1.82, 2.24) is 9.66 Å². The van der Waals surface area contributed by atoms with Crippen LogP contribution in [0.1, 0.15) is 23.9 Å². The quantitative estimate of drug-likeness (QED) is 0.219. The Labute approximate surface area is 218 Å². The molecule has 0 aliphatic heterocycles. The summed E-state index contributed by atoms with van der Waals surface area (Å²) in [5, 5.41) is 5.53. The fraction of sp³-hybridized carbons (Fsp3) is 0.160. The van der Waals surface area contributed by atoms with Crippen molar-refractivity contribution in [2.45, 2.75) is 20.5 Å². The monoisotopic (exact) mass is 603 g/mol. The summed E-state index contributed by atoms with van der Waals surface area (Å²) in [5.74, 6) is 1.61. The van der Waals surface area contributed by atoms with Crippen LogP contribution >= 0.6 is 43.5 Å². The average molecular weight is 606 g/mol. The lowest BCUT2D eigenvalue weighted by atomic mass is 10.2. The van der Waals surface area contributed by atoms with Crippen LogP contribution in [0, 0.1) is 6.92 Å². The molecular weight excluding hydrogens is 586 g/mol. The molecule has 0 amide bonds. The molecular formula is C25H20Br2ClN3O3. The SMILES string of the molecule is CCOc1cc(C=Nn2c(C)nc3ccc(Br)cc3c2=O)c(Br)cc1OCc1ccccc1Cl. The normalized spacial score (nSPS) is 11.3. The minimum absolute atomic E-state index is 0.249. The molecule has 0 saturated carbocycles. The van der Waals surface area contributed by atoms with Crippen molar-refractivity contribution in [3.05, 3.63) is 95.9 Å². The largest absolute Gasteiger partial charge is 0.490 e. The van der Waals surface area contributed by atoms with Crippen LogP contribution in [0.4, 0.5) is 0 Å². The average Bonchev–Trinajstić information content (AvgIpc) is 2.81. The summed E-state index contributed by atoms with van der Waals surface area (Å²) in [6.45, 7) is 4.40. The molecule has 0 fully saturated rings. The predicted octanol–water partition coefficient (Wildman–Crippen LogP) is 6.74. The first-order valence-electron chi connectivity index (χ1n) is 10.4. The molecule has 0 aliphatic carbocycles. The zero-order valence-corrected chi connectivity index (χ0v) is 22.3. The molecule has 0 N–H and O–H groups in total. The molecule has 0 spiro atoms. The lowest BCUT2D eigenvalue weighted by Gasteiger charge is -2.14. The molecule has 6 nitrogen and oxygen atoms in total. The maximum Gasteiger partial charge on any atom is 0.282 e. The van der Waals surface area contributed by atoms with Gasteiger partial charge >= 0.3 is 0 Å². The Hall–Kier alpha value is -2.68. The molecule has 0 saturated heterocycles. The zero-order chi connectivity index (χ0) is 24.2. The molecule has 3 aromatic carbocycles. The number of fused-ring (bicyclic) bond motifs is 1. The first kappa shape index (κ1) is 24.4. The highest BCUT2D eigenvalue weighted by atomic mass is 79.9. The van der Waals surface area contributed by atoms with E-state index >= 15 is 0 Å². The number of hydrogen-bond donors (Lipinski definition) is 0. The molecule has 1 aromatic heterocycles. The highest BCUT2D eigenvalue weighted by molar-refractivity contribution is 9.10. The van der Waals surface area contributed by atoms with Gasteiger partial charge in [0.15, 0.2) is 11.5 Å². The molecule has 174 valence electrons. The van der Waals surface area contributed by atoms with Gasteiger partial charge in [0.1, 0.15) is 12.4 Å². The number of aromatic nitrogens is 2. The number of hydrogen-bond acceptors (Lipinski definition) is 5. The van der Waals surface area contributed by atoms with Gasteiger partial charge in [0, 0.05) is 25.1 Å². The van der Waals surface area contributed by atoms with E-state index in [9.17, 15) is 4.79 Å². The first-order chi connectivity index (χ1) is 16.4. The number of benzene rings is 3. The lowest BCUT2D eigenvalue weighted by molar-refractivity contribution is 0.269. The Morgan fingerprint density at radius 1 is 1.09 bits per heavy atom. The van der Waals surface area contributed by atoms with Crippen LogP contribution in [0.25, 0.3) is 10.9 Å². The second-order valence-corrected chi connectivity index (χ2v) is 9.49. The summed E-state index contributed by atoms with van der Waals surface area (Å²) in [7, 11) is 0. The summed E-state index contributed by atoms with van der Waals surface area (Å²) in [6.07, 6.45) is 1.59. The summed E-state index contributed by atoms with van der Waals surface area (Å²) in [5.41, 5.74) is 1.96. The van der Waals surface area contributed by atoms with E-state index in [1.54, 1.807) is 25.3 Å². The lowest BCUT2D eigenvalue weighted by Crippen LogP contribution is -2.20. The molecule has 0 bridgehead atoms. The standard InChI is InChI=1S/C25H20Br2ClN3O3/c1-3-33-23-10-17(20(27)12-24(23)34-14-16-6-4-5-7-21(16)28)13-29-31-15(2)30-22-9-8-18(26)11-19(22)25(31)32/h4-13H,3,14H2,1-2H3. The summed E-state index contributed by atoms with van der Waals surface area (Å²) >= 11 is 13.2. The topological polar surface area (TPSA) is 65.7 Å². The van der Waals surface area contributed by atoms with Gasteiger partial charge in [-0.05, 0) is 66.2 Å². The van der Waals surface area contributed by atoms with Crippen LogP contribution in [0.3, 0.4) is 0 Å². The Bertz CT molecular complexity index is 1450. The van der Waals surface area contributed by atoms with E-state index in [1.165, 1.54) is 4.68 Å². The van der Waals surface area contributed by atoms with Crippen molar-refractivity contribution in [2.75, 3.05) is 6.61 Å². The van der Waals surface area contributed by atoms with Crippen molar-refractivity contribution in [1.29, 1.82) is 0 Å². The van der Waals surface area contributed by atoms with Gasteiger partial charge in [-0.2, -0.15) is 9.78 Å². The van der Waals surface area contributed by atoms with Gasteiger partial charge in [-0.25, -0.2) is 4.98 Å². The van der Waals surface area contributed by atoms with E-state index in [1.807, 2.05) is 49.4 Å². The number of aryl methyl sites for hydroxylation is 1. The van der Waals surface area contributed by atoms with E-state index in [4.69, 9.17) is 21.1 Å². The van der Waals surface area contributed by atoms with Crippen LogP contribution in [-0.4, -0.2) is 22.5 Å². The molecule has 34 heavy (non-hydrogen) atoms. The van der Waals surface area contributed by atoms with Gasteiger partial charge in [-0.15, -0.1) is 0 Å². The molecule has 0 atom stereocenters. The maximum absolute atomic E-state index is 13.0. The Morgan fingerprint density at radius 3 is 2.62 bits per heavy atom. The molecule has 4 rings (SSSR count). The van der Waals surface area contributed by atoms with Crippen molar-refractivity contribution in [3.8, 4) is 11.5 Å². The number of ether oxygens (including phenoxy) is 2. The van der Waals surface area contributed by atoms with E-state index in [2.05, 4.69) is 41.9 Å². The summed E-state index contributed by atoms with van der Waals surface area (Å²) < 4.78 is 14.6. The zero-order valence-electron chi connectivity index (χ0n) is 18.4.